The van der Waals surface area contributed by atoms with Gasteiger partial charge in [-0.05, 0) is 35.9 Å². The lowest BCUT2D eigenvalue weighted by atomic mass is 9.97. The number of aliphatic hydroxyl groups is 2. The van der Waals surface area contributed by atoms with E-state index < -0.39 is 30.2 Å². The largest absolute Gasteiger partial charge is 0.481 e. The number of pyridine rings is 2. The van der Waals surface area contributed by atoms with Gasteiger partial charge in [0.1, 0.15) is 18.1 Å². The van der Waals surface area contributed by atoms with E-state index in [2.05, 4.69) is 10.1 Å². The van der Waals surface area contributed by atoms with Gasteiger partial charge in [0.2, 0.25) is 12.2 Å². The number of halogens is 2. The van der Waals surface area contributed by atoms with Gasteiger partial charge in [-0.15, -0.1) is 0 Å². The van der Waals surface area contributed by atoms with Crippen LogP contribution in [0.1, 0.15) is 32.3 Å². The quantitative estimate of drug-likeness (QED) is 0.567. The van der Waals surface area contributed by atoms with Crippen LogP contribution in [0.2, 0.25) is 0 Å². The molecular weight excluding hydrogens is 448 g/mol. The highest BCUT2D eigenvalue weighted by Crippen LogP contribution is 2.33. The molecule has 4 rings (SSSR count). The molecule has 1 aliphatic heterocycles. The number of aromatic nitrogens is 2. The molecule has 2 N–H and O–H groups in total. The van der Waals surface area contributed by atoms with E-state index in [4.69, 9.17) is 4.74 Å². The van der Waals surface area contributed by atoms with Crippen LogP contribution in [0.15, 0.2) is 40.5 Å². The SMILES string of the molecule is CCN1C(CO)=NN(c2cc3c(C(C)C)cn(-c4cc(OC)ncc4F)c(=O)c3cc2F)C1O. The Labute approximate surface area is 194 Å². The van der Waals surface area contributed by atoms with Crippen LogP contribution in [-0.4, -0.2) is 57.1 Å². The molecule has 0 spiro atoms. The smallest absolute Gasteiger partial charge is 0.263 e. The van der Waals surface area contributed by atoms with Crippen molar-refractivity contribution in [2.45, 2.75) is 33.0 Å². The number of methoxy groups -OCH3 is 1. The maximum absolute atomic E-state index is 15.3. The number of anilines is 1. The van der Waals surface area contributed by atoms with Crippen molar-refractivity contribution in [3.05, 3.63) is 58.1 Å². The minimum absolute atomic E-state index is 0.0371. The van der Waals surface area contributed by atoms with Gasteiger partial charge in [0.05, 0.1) is 24.4 Å². The monoisotopic (exact) mass is 473 g/mol. The predicted octanol–water partition coefficient (Wildman–Crippen LogP) is 2.52. The summed E-state index contributed by atoms with van der Waals surface area (Å²) in [7, 11) is 1.38. The maximum atomic E-state index is 15.3. The van der Waals surface area contributed by atoms with Crippen LogP contribution in [0.3, 0.4) is 0 Å². The molecule has 1 atom stereocenters. The first kappa shape index (κ1) is 23.6. The second-order valence-corrected chi connectivity index (χ2v) is 8.09. The van der Waals surface area contributed by atoms with Gasteiger partial charge in [0, 0.05) is 18.8 Å². The zero-order valence-electron chi connectivity index (χ0n) is 19.2. The van der Waals surface area contributed by atoms with Crippen molar-refractivity contribution in [3.63, 3.8) is 0 Å². The van der Waals surface area contributed by atoms with Crippen molar-refractivity contribution in [1.29, 1.82) is 0 Å². The lowest BCUT2D eigenvalue weighted by Crippen LogP contribution is -2.43. The molecule has 1 unspecified atom stereocenters. The van der Waals surface area contributed by atoms with Gasteiger partial charge < -0.3 is 19.8 Å². The Morgan fingerprint density at radius 3 is 2.47 bits per heavy atom. The summed E-state index contributed by atoms with van der Waals surface area (Å²) in [4.78, 5) is 18.6. The molecule has 3 heterocycles. The molecule has 0 bridgehead atoms. The van der Waals surface area contributed by atoms with Crippen LogP contribution in [0.25, 0.3) is 16.5 Å². The highest BCUT2D eigenvalue weighted by molar-refractivity contribution is 5.91. The summed E-state index contributed by atoms with van der Waals surface area (Å²) in [6, 6.07) is 3.79. The van der Waals surface area contributed by atoms with E-state index in [0.717, 1.165) is 21.8 Å². The molecule has 1 aliphatic rings. The summed E-state index contributed by atoms with van der Waals surface area (Å²) < 4.78 is 36.1. The van der Waals surface area contributed by atoms with Gasteiger partial charge in [0.15, 0.2) is 11.7 Å². The van der Waals surface area contributed by atoms with E-state index in [1.165, 1.54) is 30.3 Å². The average Bonchev–Trinajstić information content (AvgIpc) is 3.14. The first-order valence-corrected chi connectivity index (χ1v) is 10.7. The number of hydrazone groups is 1. The molecule has 11 heteroatoms. The van der Waals surface area contributed by atoms with E-state index in [-0.39, 0.29) is 34.4 Å². The van der Waals surface area contributed by atoms with E-state index in [0.29, 0.717) is 17.5 Å². The normalized spacial score (nSPS) is 16.0. The molecule has 0 saturated carbocycles. The lowest BCUT2D eigenvalue weighted by molar-refractivity contribution is 0.0649. The number of aliphatic hydroxyl groups excluding tert-OH is 2. The van der Waals surface area contributed by atoms with Gasteiger partial charge in [-0.2, -0.15) is 5.10 Å². The molecule has 0 saturated heterocycles. The van der Waals surface area contributed by atoms with Crippen molar-refractivity contribution >= 4 is 22.3 Å². The zero-order valence-corrected chi connectivity index (χ0v) is 19.2. The summed E-state index contributed by atoms with van der Waals surface area (Å²) in [6.07, 6.45) is 1.14. The fourth-order valence-corrected chi connectivity index (χ4v) is 4.04. The van der Waals surface area contributed by atoms with E-state index in [9.17, 15) is 19.4 Å². The second-order valence-electron chi connectivity index (χ2n) is 8.09. The van der Waals surface area contributed by atoms with Crippen LogP contribution >= 0.6 is 0 Å². The highest BCUT2D eigenvalue weighted by atomic mass is 19.1. The Morgan fingerprint density at radius 2 is 1.88 bits per heavy atom. The number of hydrogen-bond acceptors (Lipinski definition) is 8. The van der Waals surface area contributed by atoms with Crippen LogP contribution < -0.4 is 15.3 Å². The minimum atomic E-state index is -1.32. The van der Waals surface area contributed by atoms with Crippen molar-refractivity contribution in [2.24, 2.45) is 5.10 Å². The van der Waals surface area contributed by atoms with Crippen LogP contribution in [0, 0.1) is 11.6 Å². The standard InChI is InChI=1S/C23H25F2N5O4/c1-5-28-20(11-31)27-30(23(28)33)19-7-13-14(6-16(19)24)22(32)29(10-15(13)12(2)3)18-8-21(34-4)26-9-17(18)25/h6-10,12,23,31,33H,5,11H2,1-4H3. The van der Waals surface area contributed by atoms with Crippen LogP contribution in [0.5, 0.6) is 5.88 Å². The minimum Gasteiger partial charge on any atom is -0.481 e. The predicted molar refractivity (Wildman–Crippen MR) is 123 cm³/mol. The van der Waals surface area contributed by atoms with Crippen LogP contribution in [0.4, 0.5) is 14.5 Å². The molecular formula is C23H25F2N5O4. The van der Waals surface area contributed by atoms with Gasteiger partial charge in [-0.1, -0.05) is 13.8 Å². The third-order valence-electron chi connectivity index (χ3n) is 5.80. The first-order chi connectivity index (χ1) is 16.2. The van der Waals surface area contributed by atoms with Gasteiger partial charge >= 0.3 is 0 Å². The molecule has 3 aromatic rings. The number of fused-ring (bicyclic) bond motifs is 1. The molecule has 1 aromatic carbocycles. The highest BCUT2D eigenvalue weighted by Gasteiger charge is 2.34. The first-order valence-electron chi connectivity index (χ1n) is 10.7. The van der Waals surface area contributed by atoms with Crippen LogP contribution in [-0.2, 0) is 0 Å². The third-order valence-corrected chi connectivity index (χ3v) is 5.80. The summed E-state index contributed by atoms with van der Waals surface area (Å²) in [5.74, 6) is -1.34. The summed E-state index contributed by atoms with van der Waals surface area (Å²) in [5.41, 5.74) is -0.110. The molecule has 0 fully saturated rings. The van der Waals surface area contributed by atoms with E-state index in [1.807, 2.05) is 13.8 Å². The lowest BCUT2D eigenvalue weighted by Gasteiger charge is -2.26. The Bertz CT molecular complexity index is 1340. The Balaban J connectivity index is 1.96. The maximum Gasteiger partial charge on any atom is 0.263 e. The van der Waals surface area contributed by atoms with Crippen molar-refractivity contribution in [2.75, 3.05) is 25.3 Å². The number of benzene rings is 1. The molecule has 180 valence electrons. The molecule has 0 amide bonds. The number of amidine groups is 1. The fourth-order valence-electron chi connectivity index (χ4n) is 4.04. The average molecular weight is 473 g/mol. The summed E-state index contributed by atoms with van der Waals surface area (Å²) in [5, 5.41) is 25.9. The van der Waals surface area contributed by atoms with Crippen molar-refractivity contribution in [1.82, 2.24) is 14.5 Å². The van der Waals surface area contributed by atoms with Crippen molar-refractivity contribution in [3.8, 4) is 11.6 Å². The Hall–Kier alpha value is -3.57. The Kier molecular flexibility index (Phi) is 6.24. The molecule has 34 heavy (non-hydrogen) atoms. The van der Waals surface area contributed by atoms with Gasteiger partial charge in [0.25, 0.3) is 5.56 Å². The number of rotatable bonds is 6. The second kappa shape index (κ2) is 8.99. The summed E-state index contributed by atoms with van der Waals surface area (Å²) in [6.45, 7) is 5.46. The third kappa shape index (κ3) is 3.76. The van der Waals surface area contributed by atoms with Crippen molar-refractivity contribution < 1.29 is 23.7 Å². The van der Waals surface area contributed by atoms with E-state index >= 15 is 4.39 Å². The molecule has 0 aliphatic carbocycles. The molecule has 0 radical (unpaired) electrons. The number of likely N-dealkylation sites (N-methyl/N-ethyl adjacent to an activating group) is 1. The molecule has 9 nitrogen and oxygen atoms in total. The van der Waals surface area contributed by atoms with Gasteiger partial charge in [-0.25, -0.2) is 18.8 Å². The summed E-state index contributed by atoms with van der Waals surface area (Å²) >= 11 is 0. The topological polar surface area (TPSA) is 103 Å². The number of nitrogens with zero attached hydrogens (tertiary/aromatic N) is 5. The fraction of sp³-hybridized carbons (Fsp3) is 0.348. The number of hydrogen-bond donors (Lipinski definition) is 2. The van der Waals surface area contributed by atoms with E-state index in [1.54, 1.807) is 6.92 Å². The Morgan fingerprint density at radius 1 is 1.15 bits per heavy atom. The molecule has 2 aromatic heterocycles. The zero-order chi connectivity index (χ0) is 24.7. The van der Waals surface area contributed by atoms with Gasteiger partial charge in [-0.3, -0.25) is 9.36 Å². The number of ether oxygens (including phenoxy) is 1.